The smallest absolute Gasteiger partial charge is 0.286 e. The lowest BCUT2D eigenvalue weighted by Gasteiger charge is -2.30. The van der Waals surface area contributed by atoms with E-state index in [2.05, 4.69) is 15.5 Å². The molecule has 2 amide bonds. The van der Waals surface area contributed by atoms with E-state index in [1.54, 1.807) is 42.7 Å². The Balaban J connectivity index is 1.30. The molecule has 156 valence electrons. The van der Waals surface area contributed by atoms with Crippen LogP contribution in [0, 0.1) is 0 Å². The van der Waals surface area contributed by atoms with Crippen molar-refractivity contribution in [2.45, 2.75) is 25.2 Å². The minimum atomic E-state index is -0.271. The van der Waals surface area contributed by atoms with Crippen LogP contribution in [0.25, 0.3) is 0 Å². The minimum Gasteiger partial charge on any atom is -0.497 e. The number of nitrogens with zero attached hydrogens (tertiary/aromatic N) is 3. The summed E-state index contributed by atoms with van der Waals surface area (Å²) in [5, 5.41) is 14.4. The summed E-state index contributed by atoms with van der Waals surface area (Å²) >= 11 is 2.94. The molecule has 1 aromatic carbocycles. The third-order valence-corrected chi connectivity index (χ3v) is 7.05. The van der Waals surface area contributed by atoms with Crippen molar-refractivity contribution >= 4 is 40.2 Å². The second-order valence-electron chi connectivity index (χ2n) is 7.04. The number of rotatable bonds is 6. The molecular weight excluding hydrogens is 420 g/mol. The Labute approximate surface area is 182 Å². The Morgan fingerprint density at radius 2 is 1.93 bits per heavy atom. The van der Waals surface area contributed by atoms with E-state index in [0.717, 1.165) is 28.5 Å². The molecule has 4 rings (SSSR count). The van der Waals surface area contributed by atoms with Crippen LogP contribution < -0.4 is 10.1 Å². The van der Waals surface area contributed by atoms with Crippen LogP contribution in [0.15, 0.2) is 41.8 Å². The Kier molecular flexibility index (Phi) is 6.39. The molecule has 30 heavy (non-hydrogen) atoms. The number of thiophene rings is 1. The van der Waals surface area contributed by atoms with Crippen LogP contribution in [0.3, 0.4) is 0 Å². The molecule has 7 nitrogen and oxygen atoms in total. The maximum absolute atomic E-state index is 12.5. The van der Waals surface area contributed by atoms with Gasteiger partial charge in [0.15, 0.2) is 0 Å². The summed E-state index contributed by atoms with van der Waals surface area (Å²) in [6, 6.07) is 11.1. The molecule has 0 atom stereocenters. The first-order chi connectivity index (χ1) is 14.6. The second-order valence-corrected chi connectivity index (χ2v) is 9.08. The third kappa shape index (κ3) is 4.85. The summed E-state index contributed by atoms with van der Waals surface area (Å²) < 4.78 is 5.12. The average Bonchev–Trinajstić information content (AvgIpc) is 3.47. The van der Waals surface area contributed by atoms with Crippen molar-refractivity contribution in [1.29, 1.82) is 0 Å². The van der Waals surface area contributed by atoms with E-state index in [1.165, 1.54) is 11.3 Å². The SMILES string of the molecule is COc1ccc(NC(=O)c2nnc(C3CCN(C(=O)Cc4cccs4)CC3)s2)cc1. The highest BCUT2D eigenvalue weighted by Crippen LogP contribution is 2.31. The quantitative estimate of drug-likeness (QED) is 0.628. The number of hydrogen-bond donors (Lipinski definition) is 1. The molecule has 3 heterocycles. The monoisotopic (exact) mass is 442 g/mol. The molecule has 0 spiro atoms. The van der Waals surface area contributed by atoms with Gasteiger partial charge in [0.25, 0.3) is 5.91 Å². The van der Waals surface area contributed by atoms with Gasteiger partial charge in [-0.2, -0.15) is 0 Å². The van der Waals surface area contributed by atoms with Gasteiger partial charge in [-0.15, -0.1) is 21.5 Å². The van der Waals surface area contributed by atoms with Gasteiger partial charge < -0.3 is 15.0 Å². The molecule has 0 radical (unpaired) electrons. The Morgan fingerprint density at radius 1 is 1.17 bits per heavy atom. The zero-order valence-corrected chi connectivity index (χ0v) is 18.2. The number of piperidine rings is 1. The lowest BCUT2D eigenvalue weighted by atomic mass is 9.97. The highest BCUT2D eigenvalue weighted by atomic mass is 32.1. The molecule has 0 aliphatic carbocycles. The molecule has 0 saturated carbocycles. The average molecular weight is 443 g/mol. The van der Waals surface area contributed by atoms with Gasteiger partial charge in [-0.05, 0) is 48.6 Å². The maximum atomic E-state index is 12.5. The molecule has 1 N–H and O–H groups in total. The van der Waals surface area contributed by atoms with E-state index >= 15 is 0 Å². The number of anilines is 1. The van der Waals surface area contributed by atoms with Crippen LogP contribution in [-0.2, 0) is 11.2 Å². The predicted octanol–water partition coefficient (Wildman–Crippen LogP) is 3.81. The Hall–Kier alpha value is -2.78. The number of amides is 2. The lowest BCUT2D eigenvalue weighted by Crippen LogP contribution is -2.38. The highest BCUT2D eigenvalue weighted by Gasteiger charge is 2.27. The number of likely N-dealkylation sites (tertiary alicyclic amines) is 1. The zero-order chi connectivity index (χ0) is 20.9. The molecule has 3 aromatic rings. The number of aromatic nitrogens is 2. The Morgan fingerprint density at radius 3 is 2.60 bits per heavy atom. The standard InChI is InChI=1S/C21H22N4O3S2/c1-28-16-6-4-15(5-7-16)22-19(27)21-24-23-20(30-21)14-8-10-25(11-9-14)18(26)13-17-3-2-12-29-17/h2-7,12,14H,8-11,13H2,1H3,(H,22,27). The molecule has 9 heteroatoms. The van der Waals surface area contributed by atoms with Gasteiger partial charge in [0.1, 0.15) is 10.8 Å². The molecule has 2 aromatic heterocycles. The fourth-order valence-electron chi connectivity index (χ4n) is 3.40. The van der Waals surface area contributed by atoms with Crippen molar-refractivity contribution in [2.75, 3.05) is 25.5 Å². The third-order valence-electron chi connectivity index (χ3n) is 5.09. The lowest BCUT2D eigenvalue weighted by molar-refractivity contribution is -0.131. The van der Waals surface area contributed by atoms with Gasteiger partial charge in [-0.1, -0.05) is 17.4 Å². The van der Waals surface area contributed by atoms with Crippen LogP contribution in [0.5, 0.6) is 5.75 Å². The van der Waals surface area contributed by atoms with E-state index in [4.69, 9.17) is 4.74 Å². The summed E-state index contributed by atoms with van der Waals surface area (Å²) in [6.45, 7) is 1.42. The van der Waals surface area contributed by atoms with Gasteiger partial charge >= 0.3 is 0 Å². The normalized spacial score (nSPS) is 14.5. The van der Waals surface area contributed by atoms with Crippen LogP contribution in [-0.4, -0.2) is 47.1 Å². The number of carbonyl (C=O) groups is 2. The number of ether oxygens (including phenoxy) is 1. The largest absolute Gasteiger partial charge is 0.497 e. The number of hydrogen-bond acceptors (Lipinski definition) is 7. The number of carbonyl (C=O) groups excluding carboxylic acids is 2. The van der Waals surface area contributed by atoms with Gasteiger partial charge in [-0.25, -0.2) is 0 Å². The molecule has 1 fully saturated rings. The van der Waals surface area contributed by atoms with E-state index in [0.29, 0.717) is 30.2 Å². The molecule has 0 bridgehead atoms. The van der Waals surface area contributed by atoms with Crippen molar-refractivity contribution in [2.24, 2.45) is 0 Å². The van der Waals surface area contributed by atoms with Gasteiger partial charge in [0, 0.05) is 29.6 Å². The zero-order valence-electron chi connectivity index (χ0n) is 16.5. The van der Waals surface area contributed by atoms with Gasteiger partial charge in [0.05, 0.1) is 13.5 Å². The van der Waals surface area contributed by atoms with Gasteiger partial charge in [0.2, 0.25) is 10.9 Å². The predicted molar refractivity (Wildman–Crippen MR) is 117 cm³/mol. The van der Waals surface area contributed by atoms with E-state index < -0.39 is 0 Å². The first-order valence-electron chi connectivity index (χ1n) is 9.71. The molecule has 1 saturated heterocycles. The molecule has 1 aliphatic heterocycles. The fourth-order valence-corrected chi connectivity index (χ4v) is 5.00. The number of methoxy groups -OCH3 is 1. The van der Waals surface area contributed by atoms with Crippen molar-refractivity contribution in [3.63, 3.8) is 0 Å². The Bertz CT molecular complexity index is 994. The summed E-state index contributed by atoms with van der Waals surface area (Å²) in [5.74, 6) is 0.863. The van der Waals surface area contributed by atoms with Crippen LogP contribution in [0.1, 0.15) is 38.4 Å². The van der Waals surface area contributed by atoms with Crippen molar-refractivity contribution < 1.29 is 14.3 Å². The number of nitrogens with one attached hydrogen (secondary N) is 1. The first kappa shape index (κ1) is 20.5. The molecule has 1 aliphatic rings. The highest BCUT2D eigenvalue weighted by molar-refractivity contribution is 7.13. The van der Waals surface area contributed by atoms with E-state index in [-0.39, 0.29) is 17.7 Å². The summed E-state index contributed by atoms with van der Waals surface area (Å²) in [7, 11) is 1.60. The number of benzene rings is 1. The second kappa shape index (κ2) is 9.36. The van der Waals surface area contributed by atoms with Crippen molar-refractivity contribution in [3.05, 3.63) is 56.7 Å². The van der Waals surface area contributed by atoms with E-state index in [9.17, 15) is 9.59 Å². The summed E-state index contributed by atoms with van der Waals surface area (Å²) in [5.41, 5.74) is 0.676. The van der Waals surface area contributed by atoms with Crippen molar-refractivity contribution in [3.8, 4) is 5.75 Å². The summed E-state index contributed by atoms with van der Waals surface area (Å²) in [4.78, 5) is 28.0. The van der Waals surface area contributed by atoms with Crippen LogP contribution in [0.2, 0.25) is 0 Å². The van der Waals surface area contributed by atoms with E-state index in [1.807, 2.05) is 22.4 Å². The molecule has 0 unspecified atom stereocenters. The molecular formula is C21H22N4O3S2. The van der Waals surface area contributed by atoms with Crippen molar-refractivity contribution in [1.82, 2.24) is 15.1 Å². The van der Waals surface area contributed by atoms with Gasteiger partial charge in [-0.3, -0.25) is 9.59 Å². The van der Waals surface area contributed by atoms with Crippen LogP contribution in [0.4, 0.5) is 5.69 Å². The van der Waals surface area contributed by atoms with Crippen LogP contribution >= 0.6 is 22.7 Å². The topological polar surface area (TPSA) is 84.4 Å². The first-order valence-corrected chi connectivity index (χ1v) is 11.4. The summed E-state index contributed by atoms with van der Waals surface area (Å²) in [6.07, 6.45) is 2.15. The minimum absolute atomic E-state index is 0.174. The fraction of sp³-hybridized carbons (Fsp3) is 0.333. The maximum Gasteiger partial charge on any atom is 0.286 e.